The fourth-order valence-corrected chi connectivity index (χ4v) is 3.87. The summed E-state index contributed by atoms with van der Waals surface area (Å²) in [6.45, 7) is 2.59. The van der Waals surface area contributed by atoms with E-state index in [9.17, 15) is 4.21 Å². The third kappa shape index (κ3) is 3.89. The molecule has 2 aromatic rings. The molecule has 0 fully saturated rings. The van der Waals surface area contributed by atoms with Gasteiger partial charge in [-0.25, -0.2) is 0 Å². The molecule has 2 atom stereocenters. The maximum atomic E-state index is 12.1. The summed E-state index contributed by atoms with van der Waals surface area (Å²) in [5, 5.41) is 1.93. The second-order valence-electron chi connectivity index (χ2n) is 4.05. The predicted molar refractivity (Wildman–Crippen MR) is 80.1 cm³/mol. The number of nitrogens with two attached hydrogens (primary N) is 1. The van der Waals surface area contributed by atoms with E-state index in [0.29, 0.717) is 12.4 Å². The lowest BCUT2D eigenvalue weighted by Gasteiger charge is -2.12. The van der Waals surface area contributed by atoms with Crippen LogP contribution in [0.3, 0.4) is 0 Å². The molecule has 102 valence electrons. The summed E-state index contributed by atoms with van der Waals surface area (Å²) in [5.41, 5.74) is 7.08. The SMILES string of the molecule is CCOc1ccc(C(N)CS(=O)c2cccs2)cc1. The molecule has 2 N–H and O–H groups in total. The van der Waals surface area contributed by atoms with Crippen molar-refractivity contribution in [2.75, 3.05) is 12.4 Å². The van der Waals surface area contributed by atoms with Crippen molar-refractivity contribution in [3.8, 4) is 5.75 Å². The first-order chi connectivity index (χ1) is 9.20. The van der Waals surface area contributed by atoms with Crippen molar-refractivity contribution in [3.63, 3.8) is 0 Å². The lowest BCUT2D eigenvalue weighted by atomic mass is 10.1. The molecule has 0 aliphatic heterocycles. The first-order valence-electron chi connectivity index (χ1n) is 6.11. The van der Waals surface area contributed by atoms with Crippen LogP contribution in [0, 0.1) is 0 Å². The second-order valence-corrected chi connectivity index (χ2v) is 6.72. The zero-order valence-electron chi connectivity index (χ0n) is 10.7. The Balaban J connectivity index is 1.99. The molecule has 19 heavy (non-hydrogen) atoms. The van der Waals surface area contributed by atoms with E-state index in [1.54, 1.807) is 0 Å². The van der Waals surface area contributed by atoms with Crippen LogP contribution in [0.5, 0.6) is 5.75 Å². The van der Waals surface area contributed by atoms with E-state index in [1.165, 1.54) is 11.3 Å². The Morgan fingerprint density at radius 3 is 2.63 bits per heavy atom. The molecule has 2 unspecified atom stereocenters. The molecule has 0 aliphatic carbocycles. The van der Waals surface area contributed by atoms with Gasteiger partial charge in [0.15, 0.2) is 0 Å². The number of hydrogen-bond donors (Lipinski definition) is 1. The van der Waals surface area contributed by atoms with Gasteiger partial charge in [-0.3, -0.25) is 4.21 Å². The minimum atomic E-state index is -1.03. The summed E-state index contributed by atoms with van der Waals surface area (Å²) in [6.07, 6.45) is 0. The summed E-state index contributed by atoms with van der Waals surface area (Å²) in [4.78, 5) is 0. The van der Waals surface area contributed by atoms with Crippen LogP contribution in [-0.2, 0) is 10.8 Å². The molecule has 0 aliphatic rings. The van der Waals surface area contributed by atoms with E-state index in [4.69, 9.17) is 10.5 Å². The van der Waals surface area contributed by atoms with Gasteiger partial charge in [-0.15, -0.1) is 11.3 Å². The molecule has 1 aromatic carbocycles. The second kappa shape index (κ2) is 6.84. The smallest absolute Gasteiger partial charge is 0.119 e. The summed E-state index contributed by atoms with van der Waals surface area (Å²) in [7, 11) is -1.03. The topological polar surface area (TPSA) is 52.3 Å². The van der Waals surface area contributed by atoms with Gasteiger partial charge >= 0.3 is 0 Å². The summed E-state index contributed by atoms with van der Waals surface area (Å²) >= 11 is 1.50. The fourth-order valence-electron chi connectivity index (χ4n) is 1.71. The average molecular weight is 295 g/mol. The molecular weight excluding hydrogens is 278 g/mol. The van der Waals surface area contributed by atoms with Gasteiger partial charge in [0.05, 0.1) is 21.6 Å². The number of rotatable bonds is 6. The van der Waals surface area contributed by atoms with E-state index < -0.39 is 10.8 Å². The predicted octanol–water partition coefficient (Wildman–Crippen LogP) is 2.95. The van der Waals surface area contributed by atoms with Crippen LogP contribution in [0.25, 0.3) is 0 Å². The van der Waals surface area contributed by atoms with Crippen LogP contribution in [-0.4, -0.2) is 16.6 Å². The zero-order valence-corrected chi connectivity index (χ0v) is 12.4. The lowest BCUT2D eigenvalue weighted by Crippen LogP contribution is -2.18. The average Bonchev–Trinajstić information content (AvgIpc) is 2.94. The maximum absolute atomic E-state index is 12.1. The monoisotopic (exact) mass is 295 g/mol. The van der Waals surface area contributed by atoms with Crippen molar-refractivity contribution >= 4 is 22.1 Å². The van der Waals surface area contributed by atoms with Gasteiger partial charge in [0.1, 0.15) is 5.75 Å². The van der Waals surface area contributed by atoms with Crippen molar-refractivity contribution in [1.29, 1.82) is 0 Å². The van der Waals surface area contributed by atoms with Crippen molar-refractivity contribution in [3.05, 3.63) is 47.3 Å². The van der Waals surface area contributed by atoms with Crippen LogP contribution in [0.15, 0.2) is 46.0 Å². The molecule has 0 saturated carbocycles. The summed E-state index contributed by atoms with van der Waals surface area (Å²) in [5.74, 6) is 1.27. The Morgan fingerprint density at radius 1 is 1.32 bits per heavy atom. The van der Waals surface area contributed by atoms with Gasteiger partial charge in [-0.2, -0.15) is 0 Å². The molecule has 3 nitrogen and oxygen atoms in total. The maximum Gasteiger partial charge on any atom is 0.119 e. The van der Waals surface area contributed by atoms with E-state index >= 15 is 0 Å². The summed E-state index contributed by atoms with van der Waals surface area (Å²) in [6, 6.07) is 11.2. The van der Waals surface area contributed by atoms with Gasteiger partial charge in [0.25, 0.3) is 0 Å². The minimum absolute atomic E-state index is 0.224. The Bertz CT molecular complexity index is 523. The van der Waals surface area contributed by atoms with E-state index in [0.717, 1.165) is 15.5 Å². The highest BCUT2D eigenvalue weighted by molar-refractivity contribution is 7.87. The molecule has 0 amide bonds. The van der Waals surface area contributed by atoms with Crippen molar-refractivity contribution in [2.24, 2.45) is 5.73 Å². The highest BCUT2D eigenvalue weighted by Gasteiger charge is 2.13. The van der Waals surface area contributed by atoms with E-state index in [1.807, 2.05) is 48.7 Å². The molecule has 0 radical (unpaired) electrons. The summed E-state index contributed by atoms with van der Waals surface area (Å²) < 4.78 is 18.3. The third-order valence-electron chi connectivity index (χ3n) is 2.67. The van der Waals surface area contributed by atoms with Crippen LogP contribution < -0.4 is 10.5 Å². The number of benzene rings is 1. The number of thiophene rings is 1. The van der Waals surface area contributed by atoms with Crippen LogP contribution >= 0.6 is 11.3 Å². The standard InChI is InChI=1S/C14H17NO2S2/c1-2-17-12-7-5-11(6-8-12)13(15)10-19(16)14-4-3-9-18-14/h3-9,13H,2,10,15H2,1H3. The number of hydrogen-bond acceptors (Lipinski definition) is 4. The van der Waals surface area contributed by atoms with Crippen LogP contribution in [0.2, 0.25) is 0 Å². The van der Waals surface area contributed by atoms with Gasteiger partial charge in [0, 0.05) is 11.8 Å². The Labute approximate surface area is 119 Å². The normalized spacial score (nSPS) is 14.0. The Kier molecular flexibility index (Phi) is 5.13. The Morgan fingerprint density at radius 2 is 2.05 bits per heavy atom. The first kappa shape index (κ1) is 14.2. The van der Waals surface area contributed by atoms with Crippen LogP contribution in [0.1, 0.15) is 18.5 Å². The number of ether oxygens (including phenoxy) is 1. The van der Waals surface area contributed by atoms with Crippen molar-refractivity contribution in [2.45, 2.75) is 17.2 Å². The van der Waals surface area contributed by atoms with Gasteiger partial charge in [-0.05, 0) is 36.1 Å². The first-order valence-corrected chi connectivity index (χ1v) is 8.30. The lowest BCUT2D eigenvalue weighted by molar-refractivity contribution is 0.340. The third-order valence-corrected chi connectivity index (χ3v) is 5.42. The molecule has 0 saturated heterocycles. The van der Waals surface area contributed by atoms with Crippen LogP contribution in [0.4, 0.5) is 0 Å². The van der Waals surface area contributed by atoms with E-state index in [2.05, 4.69) is 0 Å². The van der Waals surface area contributed by atoms with Gasteiger partial charge < -0.3 is 10.5 Å². The van der Waals surface area contributed by atoms with E-state index in [-0.39, 0.29) is 6.04 Å². The highest BCUT2D eigenvalue weighted by atomic mass is 32.2. The molecular formula is C14H17NO2S2. The van der Waals surface area contributed by atoms with Gasteiger partial charge in [-0.1, -0.05) is 18.2 Å². The fraction of sp³-hybridized carbons (Fsp3) is 0.286. The minimum Gasteiger partial charge on any atom is -0.494 e. The molecule has 0 bridgehead atoms. The highest BCUT2D eigenvalue weighted by Crippen LogP contribution is 2.20. The molecule has 0 spiro atoms. The Hall–Kier alpha value is -1.17. The quantitative estimate of drug-likeness (QED) is 0.891. The van der Waals surface area contributed by atoms with Crippen molar-refractivity contribution < 1.29 is 8.95 Å². The van der Waals surface area contributed by atoms with Gasteiger partial charge in [0.2, 0.25) is 0 Å². The largest absolute Gasteiger partial charge is 0.494 e. The zero-order chi connectivity index (χ0) is 13.7. The molecule has 5 heteroatoms. The molecule has 2 rings (SSSR count). The van der Waals surface area contributed by atoms with Crippen molar-refractivity contribution in [1.82, 2.24) is 0 Å². The molecule has 1 heterocycles. The molecule has 1 aromatic heterocycles.